The number of hydrogen-bond donors (Lipinski definition) is 0. The lowest BCUT2D eigenvalue weighted by atomic mass is 10.2. The lowest BCUT2D eigenvalue weighted by molar-refractivity contribution is 0.593. The van der Waals surface area contributed by atoms with E-state index in [0.29, 0.717) is 11.3 Å². The van der Waals surface area contributed by atoms with Crippen LogP contribution in [0, 0.1) is 6.92 Å². The summed E-state index contributed by atoms with van der Waals surface area (Å²) in [5.41, 5.74) is 3.63. The predicted octanol–water partition coefficient (Wildman–Crippen LogP) is 2.59. The third-order valence-corrected chi connectivity index (χ3v) is 5.37. The summed E-state index contributed by atoms with van der Waals surface area (Å²) in [6.45, 7) is 2.39. The molecule has 7 heteroatoms. The minimum atomic E-state index is -3.74. The molecule has 1 aromatic heterocycles. The third-order valence-electron chi connectivity index (χ3n) is 3.26. The number of aromatic nitrogens is 2. The maximum atomic E-state index is 12.4. The van der Waals surface area contributed by atoms with Gasteiger partial charge in [-0.05, 0) is 24.6 Å². The zero-order valence-corrected chi connectivity index (χ0v) is 14.1. The first kappa shape index (κ1) is 15.6. The van der Waals surface area contributed by atoms with Crippen LogP contribution < -0.4 is 4.80 Å². The molecule has 5 nitrogen and oxygen atoms in total. The molecule has 0 aliphatic rings. The molecule has 0 amide bonds. The quantitative estimate of drug-likeness (QED) is 0.730. The second-order valence-electron chi connectivity index (χ2n) is 5.04. The van der Waals surface area contributed by atoms with Gasteiger partial charge in [0.2, 0.25) is 4.80 Å². The van der Waals surface area contributed by atoms with E-state index < -0.39 is 10.0 Å². The van der Waals surface area contributed by atoms with Gasteiger partial charge in [0.15, 0.2) is 0 Å². The molecule has 0 aliphatic carbocycles. The average molecular weight is 345 g/mol. The van der Waals surface area contributed by atoms with Gasteiger partial charge in [-0.3, -0.25) is 0 Å². The van der Waals surface area contributed by atoms with E-state index in [-0.39, 0.29) is 4.90 Å². The Bertz CT molecular complexity index is 956. The maximum Gasteiger partial charge on any atom is 0.285 e. The summed E-state index contributed by atoms with van der Waals surface area (Å²) >= 11 is 1.20. The van der Waals surface area contributed by atoms with Gasteiger partial charge in [0.25, 0.3) is 10.0 Å². The maximum absolute atomic E-state index is 12.4. The van der Waals surface area contributed by atoms with Gasteiger partial charge in [0.05, 0.1) is 11.4 Å². The van der Waals surface area contributed by atoms with E-state index >= 15 is 0 Å². The Labute approximate surface area is 138 Å². The van der Waals surface area contributed by atoms with Crippen LogP contribution in [0.25, 0.3) is 0 Å². The van der Waals surface area contributed by atoms with Crippen molar-refractivity contribution in [2.24, 2.45) is 4.40 Å². The molecule has 0 atom stereocenters. The summed E-state index contributed by atoms with van der Waals surface area (Å²) < 4.78 is 30.4. The average Bonchev–Trinajstić information content (AvgIpc) is 2.95. The summed E-state index contributed by atoms with van der Waals surface area (Å²) in [5, 5.41) is 4.18. The molecular formula is C16H15N3O2S2. The van der Waals surface area contributed by atoms with Gasteiger partial charge in [-0.25, -0.2) is 4.68 Å². The summed E-state index contributed by atoms with van der Waals surface area (Å²) in [5.74, 6) is 0. The van der Waals surface area contributed by atoms with Gasteiger partial charge in [0, 0.05) is 0 Å². The topological polar surface area (TPSA) is 64.3 Å². The van der Waals surface area contributed by atoms with Crippen molar-refractivity contribution in [2.75, 3.05) is 0 Å². The van der Waals surface area contributed by atoms with Crippen LogP contribution in [-0.4, -0.2) is 18.2 Å². The smallest absolute Gasteiger partial charge is 0.233 e. The standard InChI is InChI=1S/C16H15N3O2S2/c1-13-7-9-15(10-8-13)23(20,21)18-16-19(17-12-22-16)11-14-5-3-2-4-6-14/h2-10,12H,11H2,1H3/b18-16-. The predicted molar refractivity (Wildman–Crippen MR) is 89.6 cm³/mol. The highest BCUT2D eigenvalue weighted by Gasteiger charge is 2.13. The Morgan fingerprint density at radius 3 is 2.48 bits per heavy atom. The molecule has 23 heavy (non-hydrogen) atoms. The Balaban J connectivity index is 1.97. The monoisotopic (exact) mass is 345 g/mol. The van der Waals surface area contributed by atoms with Crippen LogP contribution in [0.2, 0.25) is 0 Å². The Kier molecular flexibility index (Phi) is 4.40. The van der Waals surface area contributed by atoms with E-state index in [0.717, 1.165) is 11.1 Å². The van der Waals surface area contributed by atoms with Crippen molar-refractivity contribution in [1.29, 1.82) is 0 Å². The zero-order chi connectivity index (χ0) is 16.3. The first-order valence-electron chi connectivity index (χ1n) is 6.97. The second-order valence-corrected chi connectivity index (χ2v) is 7.46. The van der Waals surface area contributed by atoms with Crippen molar-refractivity contribution in [1.82, 2.24) is 9.78 Å². The van der Waals surface area contributed by atoms with Crippen LogP contribution in [0.3, 0.4) is 0 Å². The van der Waals surface area contributed by atoms with Crippen molar-refractivity contribution >= 4 is 21.4 Å². The van der Waals surface area contributed by atoms with E-state index in [2.05, 4.69) is 9.50 Å². The molecule has 0 fully saturated rings. The number of nitrogens with zero attached hydrogens (tertiary/aromatic N) is 3. The molecule has 0 radical (unpaired) electrons. The normalized spacial score (nSPS) is 12.5. The number of benzene rings is 2. The van der Waals surface area contributed by atoms with Crippen LogP contribution in [0.15, 0.2) is 69.4 Å². The highest BCUT2D eigenvalue weighted by molar-refractivity contribution is 7.90. The first-order valence-corrected chi connectivity index (χ1v) is 9.29. The Morgan fingerprint density at radius 1 is 1.09 bits per heavy atom. The first-order chi connectivity index (χ1) is 11.0. The molecule has 118 valence electrons. The molecular weight excluding hydrogens is 330 g/mol. The van der Waals surface area contributed by atoms with E-state index in [1.54, 1.807) is 34.5 Å². The van der Waals surface area contributed by atoms with Crippen molar-refractivity contribution in [3.05, 3.63) is 76.0 Å². The van der Waals surface area contributed by atoms with Gasteiger partial charge in [-0.1, -0.05) is 59.4 Å². The van der Waals surface area contributed by atoms with Crippen molar-refractivity contribution in [3.63, 3.8) is 0 Å². The fourth-order valence-electron chi connectivity index (χ4n) is 2.04. The number of aryl methyl sites for hydroxylation is 1. The van der Waals surface area contributed by atoms with Gasteiger partial charge in [-0.2, -0.15) is 13.5 Å². The van der Waals surface area contributed by atoms with Crippen LogP contribution in [0.4, 0.5) is 0 Å². The van der Waals surface area contributed by atoms with Gasteiger partial charge >= 0.3 is 0 Å². The lowest BCUT2D eigenvalue weighted by Crippen LogP contribution is -2.19. The third kappa shape index (κ3) is 3.75. The number of hydrogen-bond acceptors (Lipinski definition) is 4. The van der Waals surface area contributed by atoms with Crippen molar-refractivity contribution < 1.29 is 8.42 Å². The fourth-order valence-corrected chi connectivity index (χ4v) is 3.88. The molecule has 0 saturated carbocycles. The van der Waals surface area contributed by atoms with Crippen molar-refractivity contribution in [2.45, 2.75) is 18.4 Å². The lowest BCUT2D eigenvalue weighted by Gasteiger charge is -2.02. The van der Waals surface area contributed by atoms with E-state index in [9.17, 15) is 8.42 Å². The van der Waals surface area contributed by atoms with Crippen LogP contribution in [0.5, 0.6) is 0 Å². The molecule has 2 aromatic carbocycles. The fraction of sp³-hybridized carbons (Fsp3) is 0.125. The van der Waals surface area contributed by atoms with Crippen molar-refractivity contribution in [3.8, 4) is 0 Å². The summed E-state index contributed by atoms with van der Waals surface area (Å²) in [4.78, 5) is 0.539. The minimum Gasteiger partial charge on any atom is -0.233 e. The molecule has 0 aliphatic heterocycles. The molecule has 0 N–H and O–H groups in total. The molecule has 0 spiro atoms. The molecule has 3 rings (SSSR count). The highest BCUT2D eigenvalue weighted by Crippen LogP contribution is 2.12. The number of rotatable bonds is 4. The van der Waals surface area contributed by atoms with Gasteiger partial charge in [0.1, 0.15) is 5.51 Å². The van der Waals surface area contributed by atoms with Crippen LogP contribution in [0.1, 0.15) is 11.1 Å². The SMILES string of the molecule is Cc1ccc(S(=O)(=O)/N=c2\scnn2Cc2ccccc2)cc1. The molecule has 1 heterocycles. The minimum absolute atomic E-state index is 0.183. The highest BCUT2D eigenvalue weighted by atomic mass is 32.2. The largest absolute Gasteiger partial charge is 0.285 e. The summed E-state index contributed by atoms with van der Waals surface area (Å²) in [7, 11) is -3.74. The summed E-state index contributed by atoms with van der Waals surface area (Å²) in [6, 6.07) is 16.4. The second kappa shape index (κ2) is 6.47. The molecule has 0 unspecified atom stereocenters. The van der Waals surface area contributed by atoms with Crippen LogP contribution in [-0.2, 0) is 16.6 Å². The Hall–Kier alpha value is -2.25. The van der Waals surface area contributed by atoms with Crippen LogP contribution >= 0.6 is 11.3 Å². The molecule has 0 saturated heterocycles. The summed E-state index contributed by atoms with van der Waals surface area (Å²) in [6.07, 6.45) is 0. The molecule has 3 aromatic rings. The van der Waals surface area contributed by atoms with E-state index in [1.165, 1.54) is 11.3 Å². The van der Waals surface area contributed by atoms with E-state index in [1.807, 2.05) is 37.3 Å². The van der Waals surface area contributed by atoms with E-state index in [4.69, 9.17) is 0 Å². The number of sulfonamides is 1. The Morgan fingerprint density at radius 2 is 1.78 bits per heavy atom. The molecule has 0 bridgehead atoms. The zero-order valence-electron chi connectivity index (χ0n) is 12.5. The van der Waals surface area contributed by atoms with Gasteiger partial charge in [-0.15, -0.1) is 4.40 Å². The van der Waals surface area contributed by atoms with Gasteiger partial charge < -0.3 is 0 Å².